The Morgan fingerprint density at radius 3 is 2.74 bits per heavy atom. The molecule has 0 bridgehead atoms. The zero-order valence-electron chi connectivity index (χ0n) is 14.3. The molecule has 0 amide bonds. The van der Waals surface area contributed by atoms with E-state index < -0.39 is 0 Å². The number of carbonyl (C=O) groups is 2. The minimum atomic E-state index is -0.0662. The summed E-state index contributed by atoms with van der Waals surface area (Å²) in [5.74, 6) is 0.167. The molecule has 0 unspecified atom stereocenters. The topological polar surface area (TPSA) is 52.6 Å². The molecule has 0 aromatic carbocycles. The van der Waals surface area contributed by atoms with E-state index in [0.717, 1.165) is 50.5 Å². The number of ether oxygens (including phenoxy) is 2. The normalized spacial score (nSPS) is 25.0. The number of cyclic esters (lactones) is 1. The molecular formula is C19H28O4. The second-order valence-electron chi connectivity index (χ2n) is 6.34. The Morgan fingerprint density at radius 1 is 1.26 bits per heavy atom. The third-order valence-electron chi connectivity index (χ3n) is 4.68. The highest BCUT2D eigenvalue weighted by molar-refractivity contribution is 5.99. The summed E-state index contributed by atoms with van der Waals surface area (Å²) in [5.41, 5.74) is 2.13. The van der Waals surface area contributed by atoms with Gasteiger partial charge in [-0.3, -0.25) is 9.59 Å². The summed E-state index contributed by atoms with van der Waals surface area (Å²) in [6.07, 6.45) is 11.7. The van der Waals surface area contributed by atoms with E-state index in [2.05, 4.69) is 19.1 Å². The van der Waals surface area contributed by atoms with Crippen molar-refractivity contribution in [2.45, 2.75) is 76.9 Å². The first-order valence-electron chi connectivity index (χ1n) is 8.78. The number of Topliss-reactive ketones (excluding diaryl/α,β-unsaturated/α-hetero) is 1. The molecule has 2 rings (SSSR count). The number of hydrogen-bond donors (Lipinski definition) is 0. The van der Waals surface area contributed by atoms with Crippen molar-refractivity contribution in [3.63, 3.8) is 0 Å². The van der Waals surface area contributed by atoms with Gasteiger partial charge in [0.05, 0.1) is 6.10 Å². The zero-order chi connectivity index (χ0) is 16.7. The second-order valence-corrected chi connectivity index (χ2v) is 6.34. The van der Waals surface area contributed by atoms with Gasteiger partial charge in [-0.25, -0.2) is 0 Å². The number of unbranched alkanes of at least 4 members (excludes halogenated alkanes) is 1. The lowest BCUT2D eigenvalue weighted by Crippen LogP contribution is -2.11. The number of rotatable bonds is 9. The Labute approximate surface area is 138 Å². The molecule has 23 heavy (non-hydrogen) atoms. The van der Waals surface area contributed by atoms with E-state index >= 15 is 0 Å². The van der Waals surface area contributed by atoms with E-state index in [9.17, 15) is 9.59 Å². The van der Waals surface area contributed by atoms with Gasteiger partial charge in [0.25, 0.3) is 0 Å². The first-order valence-corrected chi connectivity index (χ1v) is 8.78. The van der Waals surface area contributed by atoms with Crippen LogP contribution in [0.5, 0.6) is 0 Å². The predicted molar refractivity (Wildman–Crippen MR) is 89.1 cm³/mol. The van der Waals surface area contributed by atoms with Crippen LogP contribution in [-0.2, 0) is 19.1 Å². The van der Waals surface area contributed by atoms with Gasteiger partial charge < -0.3 is 9.47 Å². The van der Waals surface area contributed by atoms with E-state index in [1.54, 1.807) is 7.11 Å². The molecule has 0 aromatic rings. The number of hydrogen-bond acceptors (Lipinski definition) is 4. The maximum absolute atomic E-state index is 12.2. The third-order valence-corrected chi connectivity index (χ3v) is 4.68. The summed E-state index contributed by atoms with van der Waals surface area (Å²) in [6, 6.07) is 0. The Bertz CT molecular complexity index is 490. The molecule has 0 spiro atoms. The SMILES string of the molecule is CC/C=C\CC1=C(CCCC[C@H]2CCC(=O)O2)[C@H](OC)CC1=O. The first-order chi connectivity index (χ1) is 11.2. The van der Waals surface area contributed by atoms with Crippen LogP contribution >= 0.6 is 0 Å². The van der Waals surface area contributed by atoms with Gasteiger partial charge in [-0.1, -0.05) is 19.1 Å². The fourth-order valence-corrected chi connectivity index (χ4v) is 3.41. The Hall–Kier alpha value is -1.42. The number of carbonyl (C=O) groups excluding carboxylic acids is 2. The molecule has 0 aromatic heterocycles. The summed E-state index contributed by atoms with van der Waals surface area (Å²) < 4.78 is 10.7. The van der Waals surface area contributed by atoms with Crippen molar-refractivity contribution in [2.24, 2.45) is 0 Å². The molecule has 128 valence electrons. The van der Waals surface area contributed by atoms with Crippen LogP contribution < -0.4 is 0 Å². The van der Waals surface area contributed by atoms with Gasteiger partial charge in [-0.2, -0.15) is 0 Å². The van der Waals surface area contributed by atoms with Crippen LogP contribution in [0, 0.1) is 0 Å². The van der Waals surface area contributed by atoms with Gasteiger partial charge in [0.1, 0.15) is 6.10 Å². The number of ketones is 1. The van der Waals surface area contributed by atoms with Crippen LogP contribution in [0.3, 0.4) is 0 Å². The molecule has 2 aliphatic rings. The molecule has 1 aliphatic heterocycles. The fourth-order valence-electron chi connectivity index (χ4n) is 3.41. The highest BCUT2D eigenvalue weighted by Gasteiger charge is 2.31. The molecule has 1 fully saturated rings. The van der Waals surface area contributed by atoms with Gasteiger partial charge in [0.15, 0.2) is 5.78 Å². The summed E-state index contributed by atoms with van der Waals surface area (Å²) in [5, 5.41) is 0. The molecule has 1 saturated heterocycles. The smallest absolute Gasteiger partial charge is 0.306 e. The minimum absolute atomic E-state index is 0.0446. The molecule has 0 saturated carbocycles. The van der Waals surface area contributed by atoms with Gasteiger partial charge in [-0.05, 0) is 50.5 Å². The summed E-state index contributed by atoms with van der Waals surface area (Å²) in [4.78, 5) is 23.3. The number of methoxy groups -OCH3 is 1. The van der Waals surface area contributed by atoms with E-state index in [1.165, 1.54) is 5.57 Å². The van der Waals surface area contributed by atoms with Crippen molar-refractivity contribution in [3.05, 3.63) is 23.3 Å². The maximum Gasteiger partial charge on any atom is 0.306 e. The predicted octanol–water partition coefficient (Wildman–Crippen LogP) is 3.89. The maximum atomic E-state index is 12.2. The quantitative estimate of drug-likeness (QED) is 0.367. The van der Waals surface area contributed by atoms with Crippen LogP contribution in [0.15, 0.2) is 23.3 Å². The molecule has 4 heteroatoms. The van der Waals surface area contributed by atoms with Gasteiger partial charge in [0, 0.05) is 25.5 Å². The van der Waals surface area contributed by atoms with E-state index in [-0.39, 0.29) is 24.0 Å². The highest BCUT2D eigenvalue weighted by Crippen LogP contribution is 2.32. The summed E-state index contributed by atoms with van der Waals surface area (Å²) in [7, 11) is 1.68. The Morgan fingerprint density at radius 2 is 2.09 bits per heavy atom. The molecule has 1 heterocycles. The van der Waals surface area contributed by atoms with Crippen LogP contribution in [0.25, 0.3) is 0 Å². The van der Waals surface area contributed by atoms with Crippen molar-refractivity contribution in [1.82, 2.24) is 0 Å². The van der Waals surface area contributed by atoms with Crippen molar-refractivity contribution >= 4 is 11.8 Å². The van der Waals surface area contributed by atoms with Crippen LogP contribution in [-0.4, -0.2) is 31.1 Å². The molecule has 4 nitrogen and oxygen atoms in total. The van der Waals surface area contributed by atoms with E-state index in [0.29, 0.717) is 12.8 Å². The van der Waals surface area contributed by atoms with Crippen LogP contribution in [0.1, 0.15) is 64.7 Å². The zero-order valence-corrected chi connectivity index (χ0v) is 14.3. The van der Waals surface area contributed by atoms with E-state index in [1.807, 2.05) is 0 Å². The Kier molecular flexibility index (Phi) is 7.03. The van der Waals surface area contributed by atoms with Crippen LogP contribution in [0.2, 0.25) is 0 Å². The highest BCUT2D eigenvalue weighted by atomic mass is 16.5. The van der Waals surface area contributed by atoms with Crippen molar-refractivity contribution in [3.8, 4) is 0 Å². The summed E-state index contributed by atoms with van der Waals surface area (Å²) in [6.45, 7) is 2.09. The third kappa shape index (κ3) is 5.03. The number of allylic oxidation sites excluding steroid dienone is 3. The Balaban J connectivity index is 1.86. The largest absolute Gasteiger partial charge is 0.462 e. The average Bonchev–Trinajstić information content (AvgIpc) is 3.08. The van der Waals surface area contributed by atoms with Gasteiger partial charge >= 0.3 is 5.97 Å². The molecule has 0 radical (unpaired) electrons. The molecule has 1 aliphatic carbocycles. The first kappa shape index (κ1) is 17.9. The average molecular weight is 320 g/mol. The number of esters is 1. The minimum Gasteiger partial charge on any atom is -0.462 e. The lowest BCUT2D eigenvalue weighted by atomic mass is 9.99. The molecular weight excluding hydrogens is 292 g/mol. The van der Waals surface area contributed by atoms with E-state index in [4.69, 9.17) is 9.47 Å². The van der Waals surface area contributed by atoms with Crippen LogP contribution in [0.4, 0.5) is 0 Å². The fraction of sp³-hybridized carbons (Fsp3) is 0.684. The second kappa shape index (κ2) is 9.02. The van der Waals surface area contributed by atoms with Gasteiger partial charge in [-0.15, -0.1) is 0 Å². The standard InChI is InChI=1S/C19H28O4/c1-3-4-5-9-15-16(18(22-2)13-17(15)20)10-7-6-8-14-11-12-19(21)23-14/h4-5,14,18H,3,6-13H2,1-2H3/b5-4-/t14-,18+/m0/s1. The molecule has 2 atom stereocenters. The van der Waals surface area contributed by atoms with Crippen molar-refractivity contribution in [1.29, 1.82) is 0 Å². The molecule has 0 N–H and O–H groups in total. The van der Waals surface area contributed by atoms with Gasteiger partial charge in [0.2, 0.25) is 0 Å². The lowest BCUT2D eigenvalue weighted by Gasteiger charge is -2.14. The lowest BCUT2D eigenvalue weighted by molar-refractivity contribution is -0.141. The van der Waals surface area contributed by atoms with Crippen molar-refractivity contribution in [2.75, 3.05) is 7.11 Å². The monoisotopic (exact) mass is 320 g/mol. The van der Waals surface area contributed by atoms with Crippen molar-refractivity contribution < 1.29 is 19.1 Å². The summed E-state index contributed by atoms with van der Waals surface area (Å²) >= 11 is 0.